The zero-order valence-electron chi connectivity index (χ0n) is 9.95. The molecule has 0 amide bonds. The van der Waals surface area contributed by atoms with Crippen LogP contribution >= 0.6 is 11.3 Å². The summed E-state index contributed by atoms with van der Waals surface area (Å²) in [7, 11) is 0. The molecule has 0 saturated carbocycles. The molecule has 0 fully saturated rings. The molecule has 0 atom stereocenters. The average molecular weight is 269 g/mol. The van der Waals surface area contributed by atoms with E-state index in [4.69, 9.17) is 5.84 Å². The lowest BCUT2D eigenvalue weighted by atomic mass is 10.1. The largest absolute Gasteiger partial charge is 0.308 e. The zero-order valence-corrected chi connectivity index (χ0v) is 10.8. The molecule has 0 radical (unpaired) electrons. The molecule has 19 heavy (non-hydrogen) atoms. The van der Waals surface area contributed by atoms with Crippen molar-refractivity contribution in [3.8, 4) is 22.1 Å². The Kier molecular flexibility index (Phi) is 3.18. The number of rotatable bonds is 3. The molecule has 0 bridgehead atoms. The van der Waals surface area contributed by atoms with Crippen molar-refractivity contribution in [3.05, 3.63) is 48.0 Å². The number of nitrogens with one attached hydrogen (secondary N) is 1. The van der Waals surface area contributed by atoms with Gasteiger partial charge in [-0.25, -0.2) is 20.8 Å². The van der Waals surface area contributed by atoms with Crippen LogP contribution in [0.5, 0.6) is 0 Å². The van der Waals surface area contributed by atoms with Gasteiger partial charge in [0.2, 0.25) is 0 Å². The first kappa shape index (κ1) is 11.8. The smallest absolute Gasteiger partial charge is 0.191 e. The number of thiazole rings is 1. The van der Waals surface area contributed by atoms with Gasteiger partial charge in [0, 0.05) is 23.2 Å². The highest BCUT2D eigenvalue weighted by molar-refractivity contribution is 7.13. The Bertz CT molecular complexity index is 667. The predicted molar refractivity (Wildman–Crippen MR) is 76.4 cm³/mol. The van der Waals surface area contributed by atoms with E-state index in [1.807, 2.05) is 41.8 Å². The zero-order chi connectivity index (χ0) is 13.1. The van der Waals surface area contributed by atoms with Gasteiger partial charge in [0.1, 0.15) is 5.82 Å². The molecule has 0 saturated heterocycles. The van der Waals surface area contributed by atoms with Gasteiger partial charge in [-0.3, -0.25) is 0 Å². The van der Waals surface area contributed by atoms with Gasteiger partial charge >= 0.3 is 0 Å². The summed E-state index contributed by atoms with van der Waals surface area (Å²) in [5.74, 6) is 6.60. The van der Waals surface area contributed by atoms with Crippen LogP contribution < -0.4 is 11.3 Å². The third kappa shape index (κ3) is 2.44. The number of nitrogens with zero attached hydrogens (tertiary/aromatic N) is 3. The second-order valence-corrected chi connectivity index (χ2v) is 4.70. The number of hydrogen-bond donors (Lipinski definition) is 2. The topological polar surface area (TPSA) is 76.7 Å². The van der Waals surface area contributed by atoms with E-state index in [1.165, 1.54) is 11.3 Å². The highest BCUT2D eigenvalue weighted by atomic mass is 32.1. The lowest BCUT2D eigenvalue weighted by molar-refractivity contribution is 1.14. The fourth-order valence-corrected chi connectivity index (χ4v) is 2.28. The molecule has 5 nitrogen and oxygen atoms in total. The molecule has 0 spiro atoms. The number of nitrogen functional groups attached to an aromatic ring is 1. The molecule has 6 heteroatoms. The number of benzene rings is 1. The molecule has 0 aliphatic carbocycles. The van der Waals surface area contributed by atoms with E-state index < -0.39 is 0 Å². The lowest BCUT2D eigenvalue weighted by Crippen LogP contribution is -2.09. The third-order valence-corrected chi connectivity index (χ3v) is 3.34. The second-order valence-electron chi connectivity index (χ2n) is 3.81. The number of nitrogens with two attached hydrogens (primary N) is 1. The average Bonchev–Trinajstić information content (AvgIpc) is 3.02. The van der Waals surface area contributed by atoms with Crippen molar-refractivity contribution < 1.29 is 0 Å². The first-order valence-electron chi connectivity index (χ1n) is 5.68. The summed E-state index contributed by atoms with van der Waals surface area (Å²) >= 11 is 1.49. The molecule has 0 aliphatic heterocycles. The van der Waals surface area contributed by atoms with Crippen LogP contribution in [0.25, 0.3) is 22.1 Å². The Labute approximate surface area is 114 Å². The van der Waals surface area contributed by atoms with E-state index in [0.29, 0.717) is 11.6 Å². The molecule has 1 aromatic carbocycles. The van der Waals surface area contributed by atoms with E-state index >= 15 is 0 Å². The summed E-state index contributed by atoms with van der Waals surface area (Å²) in [5.41, 5.74) is 4.39. The standard InChI is InChI=1S/C13H11N5S/c14-18-11-8-10(9-4-2-1-3-5-9)16-12(17-11)13-15-6-7-19-13/h1-8H,14H2,(H,16,17,18). The van der Waals surface area contributed by atoms with Crippen molar-refractivity contribution in [2.75, 3.05) is 5.43 Å². The highest BCUT2D eigenvalue weighted by Crippen LogP contribution is 2.24. The molecule has 0 unspecified atom stereocenters. The highest BCUT2D eigenvalue weighted by Gasteiger charge is 2.09. The fraction of sp³-hybridized carbons (Fsp3) is 0. The fourth-order valence-electron chi connectivity index (χ4n) is 1.71. The minimum absolute atomic E-state index is 0.569. The summed E-state index contributed by atoms with van der Waals surface area (Å²) in [6.45, 7) is 0. The molecule has 3 rings (SSSR count). The van der Waals surface area contributed by atoms with Crippen LogP contribution in [0.15, 0.2) is 48.0 Å². The summed E-state index contributed by atoms with van der Waals surface area (Å²) in [4.78, 5) is 13.1. The van der Waals surface area contributed by atoms with E-state index in [2.05, 4.69) is 20.4 Å². The maximum atomic E-state index is 5.46. The van der Waals surface area contributed by atoms with Crippen molar-refractivity contribution in [2.24, 2.45) is 5.84 Å². The van der Waals surface area contributed by atoms with E-state index in [1.54, 1.807) is 6.20 Å². The molecule has 2 aromatic heterocycles. The van der Waals surface area contributed by atoms with Gasteiger partial charge in [0.15, 0.2) is 10.8 Å². The van der Waals surface area contributed by atoms with Gasteiger partial charge in [0.25, 0.3) is 0 Å². The Balaban J connectivity index is 2.13. The number of aromatic nitrogens is 3. The van der Waals surface area contributed by atoms with Crippen molar-refractivity contribution in [2.45, 2.75) is 0 Å². The van der Waals surface area contributed by atoms with Gasteiger partial charge in [0.05, 0.1) is 5.69 Å². The second kappa shape index (κ2) is 5.13. The first-order valence-corrected chi connectivity index (χ1v) is 6.56. The van der Waals surface area contributed by atoms with Crippen molar-refractivity contribution in [1.82, 2.24) is 15.0 Å². The van der Waals surface area contributed by atoms with Crippen LogP contribution in [0.3, 0.4) is 0 Å². The SMILES string of the molecule is NNc1cc(-c2ccccc2)nc(-c2nccs2)n1. The Morgan fingerprint density at radius 3 is 2.63 bits per heavy atom. The Morgan fingerprint density at radius 1 is 1.11 bits per heavy atom. The van der Waals surface area contributed by atoms with E-state index in [0.717, 1.165) is 16.3 Å². The molecular formula is C13H11N5S. The van der Waals surface area contributed by atoms with Crippen LogP contribution in [-0.2, 0) is 0 Å². The van der Waals surface area contributed by atoms with Gasteiger partial charge in [-0.15, -0.1) is 11.3 Å². The number of anilines is 1. The summed E-state index contributed by atoms with van der Waals surface area (Å²) in [6, 6.07) is 11.7. The maximum absolute atomic E-state index is 5.46. The van der Waals surface area contributed by atoms with Gasteiger partial charge < -0.3 is 5.43 Å². The quantitative estimate of drug-likeness (QED) is 0.564. The first-order chi connectivity index (χ1) is 9.36. The van der Waals surface area contributed by atoms with E-state index in [9.17, 15) is 0 Å². The normalized spacial score (nSPS) is 10.4. The summed E-state index contributed by atoms with van der Waals surface area (Å²) in [6.07, 6.45) is 1.73. The summed E-state index contributed by atoms with van der Waals surface area (Å²) in [5, 5.41) is 2.66. The lowest BCUT2D eigenvalue weighted by Gasteiger charge is -2.06. The van der Waals surface area contributed by atoms with Gasteiger partial charge in [-0.1, -0.05) is 30.3 Å². The van der Waals surface area contributed by atoms with Crippen LogP contribution in [0, 0.1) is 0 Å². The van der Waals surface area contributed by atoms with E-state index in [-0.39, 0.29) is 0 Å². The monoisotopic (exact) mass is 269 g/mol. The Hall–Kier alpha value is -2.31. The number of hydrogen-bond acceptors (Lipinski definition) is 6. The molecule has 0 aliphatic rings. The van der Waals surface area contributed by atoms with Crippen LogP contribution in [0.4, 0.5) is 5.82 Å². The molecule has 2 heterocycles. The third-order valence-electron chi connectivity index (χ3n) is 2.57. The minimum Gasteiger partial charge on any atom is -0.308 e. The number of hydrazine groups is 1. The van der Waals surface area contributed by atoms with Crippen LogP contribution in [-0.4, -0.2) is 15.0 Å². The van der Waals surface area contributed by atoms with Gasteiger partial charge in [-0.05, 0) is 0 Å². The van der Waals surface area contributed by atoms with Crippen molar-refractivity contribution in [1.29, 1.82) is 0 Å². The molecule has 3 N–H and O–H groups in total. The molecule has 3 aromatic rings. The Morgan fingerprint density at radius 2 is 1.95 bits per heavy atom. The molecule has 94 valence electrons. The van der Waals surface area contributed by atoms with Crippen LogP contribution in [0.1, 0.15) is 0 Å². The summed E-state index contributed by atoms with van der Waals surface area (Å²) < 4.78 is 0. The van der Waals surface area contributed by atoms with Crippen LogP contribution in [0.2, 0.25) is 0 Å². The van der Waals surface area contributed by atoms with Crippen molar-refractivity contribution >= 4 is 17.2 Å². The molecular weight excluding hydrogens is 258 g/mol. The predicted octanol–water partition coefficient (Wildman–Crippen LogP) is 2.55. The van der Waals surface area contributed by atoms with Crippen molar-refractivity contribution in [3.63, 3.8) is 0 Å². The van der Waals surface area contributed by atoms with Gasteiger partial charge in [-0.2, -0.15) is 0 Å². The maximum Gasteiger partial charge on any atom is 0.191 e. The minimum atomic E-state index is 0.569.